The monoisotopic (exact) mass is 1330 g/mol. The molecule has 9 nitrogen and oxygen atoms in total. The molecule has 0 aliphatic rings. The van der Waals surface area contributed by atoms with Gasteiger partial charge >= 0.3 is 17.9 Å². The van der Waals surface area contributed by atoms with Gasteiger partial charge in [0.1, 0.15) is 25.9 Å². The standard InChI is InChI=1S/C86H154N2O7/c1-7-10-13-16-19-22-25-28-31-37-42-47-52-57-62-67-72-82(73-68-63-58-53-48-43-38-32-29-26-23-20-17-14-11-8-2)94-81-84(89)92-80-78-88(6)76-71-66-61-56-51-46-41-36-34-35-40-45-50-55-60-65-70-75-83(95-86(91)85(90)93-79-77-87(4)5)74-69-64-59-54-49-44-39-33-30-27-24-21-18-15-12-9-3/h19-24,28-35,41,46,82-83H,7-18,25-27,36-40,42-45,47-81H2,1-6H3. The van der Waals surface area contributed by atoms with Crippen LogP contribution in [0, 0.1) is 0 Å². The van der Waals surface area contributed by atoms with Crippen molar-refractivity contribution >= 4 is 17.9 Å². The molecule has 0 aromatic carbocycles. The predicted molar refractivity (Wildman–Crippen MR) is 412 cm³/mol. The lowest BCUT2D eigenvalue weighted by Gasteiger charge is -2.19. The van der Waals surface area contributed by atoms with Gasteiger partial charge < -0.3 is 28.7 Å². The highest BCUT2D eigenvalue weighted by Gasteiger charge is 2.22. The van der Waals surface area contributed by atoms with Gasteiger partial charge in [0.25, 0.3) is 0 Å². The lowest BCUT2D eigenvalue weighted by molar-refractivity contribution is -0.171. The molecule has 0 aliphatic carbocycles. The van der Waals surface area contributed by atoms with Crippen LogP contribution in [0.5, 0.6) is 0 Å². The van der Waals surface area contributed by atoms with Crippen molar-refractivity contribution in [3.63, 3.8) is 0 Å². The van der Waals surface area contributed by atoms with Crippen LogP contribution < -0.4 is 0 Å². The smallest absolute Gasteiger partial charge is 0.417 e. The van der Waals surface area contributed by atoms with E-state index in [4.69, 9.17) is 18.9 Å². The Hall–Kier alpha value is -3.79. The van der Waals surface area contributed by atoms with Crippen LogP contribution in [-0.2, 0) is 33.3 Å². The minimum atomic E-state index is -0.873. The predicted octanol–water partition coefficient (Wildman–Crippen LogP) is 25.0. The van der Waals surface area contributed by atoms with Crippen molar-refractivity contribution in [3.05, 3.63) is 97.2 Å². The number of esters is 3. The fourth-order valence-corrected chi connectivity index (χ4v) is 11.7. The summed E-state index contributed by atoms with van der Waals surface area (Å²) >= 11 is 0. The fraction of sp³-hybridized carbons (Fsp3) is 0.779. The molecule has 0 aliphatic heterocycles. The summed E-state index contributed by atoms with van der Waals surface area (Å²) in [5.41, 5.74) is 0. The van der Waals surface area contributed by atoms with Gasteiger partial charge in [0.15, 0.2) is 0 Å². The van der Waals surface area contributed by atoms with E-state index in [0.717, 1.165) is 116 Å². The van der Waals surface area contributed by atoms with Crippen molar-refractivity contribution in [2.45, 2.75) is 373 Å². The van der Waals surface area contributed by atoms with Gasteiger partial charge in [-0.05, 0) is 201 Å². The first-order valence-electron chi connectivity index (χ1n) is 40.4. The first-order valence-corrected chi connectivity index (χ1v) is 40.4. The zero-order valence-corrected chi connectivity index (χ0v) is 63.4. The van der Waals surface area contributed by atoms with Gasteiger partial charge in [0, 0.05) is 13.1 Å². The number of ether oxygens (including phenoxy) is 4. The molecular weight excluding hydrogens is 1170 g/mol. The summed E-state index contributed by atoms with van der Waals surface area (Å²) in [6.45, 7) is 9.80. The van der Waals surface area contributed by atoms with Gasteiger partial charge in [-0.2, -0.15) is 0 Å². The number of allylic oxidation sites excluding steroid dienone is 16. The number of carbonyl (C=O) groups is 3. The van der Waals surface area contributed by atoms with Crippen LogP contribution in [0.25, 0.3) is 0 Å². The average Bonchev–Trinajstić information content (AvgIpc) is 2.50. The molecule has 0 saturated heterocycles. The Labute approximate surface area is 589 Å². The molecule has 0 bridgehead atoms. The van der Waals surface area contributed by atoms with Crippen LogP contribution in [0.2, 0.25) is 0 Å². The second kappa shape index (κ2) is 77.6. The lowest BCUT2D eigenvalue weighted by Crippen LogP contribution is -2.28. The molecule has 0 rings (SSSR count). The van der Waals surface area contributed by atoms with Crippen LogP contribution in [0.4, 0.5) is 0 Å². The van der Waals surface area contributed by atoms with Gasteiger partial charge in [0.2, 0.25) is 0 Å². The van der Waals surface area contributed by atoms with Gasteiger partial charge in [-0.15, -0.1) is 0 Å². The van der Waals surface area contributed by atoms with Crippen molar-refractivity contribution in [1.82, 2.24) is 9.80 Å². The molecule has 0 heterocycles. The molecule has 0 aromatic rings. The zero-order chi connectivity index (χ0) is 68.9. The van der Waals surface area contributed by atoms with Crippen molar-refractivity contribution in [3.8, 4) is 0 Å². The number of likely N-dealkylation sites (N-methyl/N-ethyl adjacent to an activating group) is 2. The van der Waals surface area contributed by atoms with Crippen LogP contribution in [0.15, 0.2) is 97.2 Å². The van der Waals surface area contributed by atoms with E-state index in [0.29, 0.717) is 13.2 Å². The number of unbranched alkanes of at least 4 members (excludes halogenated alkanes) is 37. The number of rotatable bonds is 73. The largest absolute Gasteiger partial charge is 0.463 e. The summed E-state index contributed by atoms with van der Waals surface area (Å²) in [5, 5.41) is 0. The third-order valence-corrected chi connectivity index (χ3v) is 18.0. The Bertz CT molecular complexity index is 1830. The Morgan fingerprint density at radius 3 is 0.905 bits per heavy atom. The molecule has 1 unspecified atom stereocenters. The molecule has 0 saturated carbocycles. The van der Waals surface area contributed by atoms with E-state index >= 15 is 0 Å². The highest BCUT2D eigenvalue weighted by molar-refractivity contribution is 6.29. The Balaban J connectivity index is 4.36. The Morgan fingerprint density at radius 1 is 0.295 bits per heavy atom. The Kier molecular flexibility index (Phi) is 74.5. The van der Waals surface area contributed by atoms with E-state index in [1.54, 1.807) is 0 Å². The molecule has 0 amide bonds. The molecule has 0 spiro atoms. The third-order valence-electron chi connectivity index (χ3n) is 18.0. The molecule has 0 fully saturated rings. The summed E-state index contributed by atoms with van der Waals surface area (Å²) in [6, 6.07) is 0. The second-order valence-corrected chi connectivity index (χ2v) is 27.6. The molecular formula is C86H154N2O7. The maximum atomic E-state index is 12.8. The SMILES string of the molecule is CCCCCC=CCC=CCCCCCCCCC(CCCCCCCCC=CCC=CCCCCC)OCC(=O)OCCN(C)CCCCCCC=CCC=CCCCCCCCCC(CCCCCCCCC=CCC=CCCCCC)OC(=O)C(=O)OCCN(C)C. The molecule has 550 valence electrons. The van der Waals surface area contributed by atoms with E-state index in [-0.39, 0.29) is 31.4 Å². The van der Waals surface area contributed by atoms with E-state index in [2.05, 4.69) is 130 Å². The van der Waals surface area contributed by atoms with E-state index in [9.17, 15) is 14.4 Å². The summed E-state index contributed by atoms with van der Waals surface area (Å²) < 4.78 is 22.9. The zero-order valence-electron chi connectivity index (χ0n) is 63.4. The van der Waals surface area contributed by atoms with Gasteiger partial charge in [-0.1, -0.05) is 285 Å². The minimum absolute atomic E-state index is 0.0659. The van der Waals surface area contributed by atoms with Gasteiger partial charge in [-0.3, -0.25) is 0 Å². The minimum Gasteiger partial charge on any atom is -0.463 e. The molecule has 0 N–H and O–H groups in total. The quantitative estimate of drug-likeness (QED) is 0.0194. The number of nitrogens with zero attached hydrogens (tertiary/aromatic N) is 2. The van der Waals surface area contributed by atoms with Crippen molar-refractivity contribution in [2.75, 3.05) is 60.6 Å². The first kappa shape index (κ1) is 91.2. The van der Waals surface area contributed by atoms with Crippen LogP contribution >= 0.6 is 0 Å². The molecule has 9 heteroatoms. The van der Waals surface area contributed by atoms with Crippen molar-refractivity contribution in [1.29, 1.82) is 0 Å². The Morgan fingerprint density at radius 2 is 0.579 bits per heavy atom. The molecule has 1 atom stereocenters. The number of hydrogen-bond acceptors (Lipinski definition) is 9. The number of carbonyl (C=O) groups excluding carboxylic acids is 3. The highest BCUT2D eigenvalue weighted by Crippen LogP contribution is 2.21. The summed E-state index contributed by atoms with van der Waals surface area (Å²) in [6.07, 6.45) is 100. The van der Waals surface area contributed by atoms with E-state index < -0.39 is 11.9 Å². The van der Waals surface area contributed by atoms with E-state index in [1.807, 2.05) is 19.0 Å². The van der Waals surface area contributed by atoms with Gasteiger partial charge in [0.05, 0.1) is 6.10 Å². The highest BCUT2D eigenvalue weighted by atomic mass is 16.6. The maximum absolute atomic E-state index is 12.8. The second-order valence-electron chi connectivity index (χ2n) is 27.6. The lowest BCUT2D eigenvalue weighted by atomic mass is 10.0. The summed E-state index contributed by atoms with van der Waals surface area (Å²) in [7, 11) is 5.95. The average molecular weight is 1330 g/mol. The van der Waals surface area contributed by atoms with Crippen molar-refractivity contribution in [2.24, 2.45) is 0 Å². The normalized spacial score (nSPS) is 13.1. The fourth-order valence-electron chi connectivity index (χ4n) is 11.7. The van der Waals surface area contributed by atoms with Gasteiger partial charge in [-0.25, -0.2) is 14.4 Å². The van der Waals surface area contributed by atoms with Crippen LogP contribution in [-0.4, -0.2) is 101 Å². The molecule has 95 heavy (non-hydrogen) atoms. The maximum Gasteiger partial charge on any atom is 0.417 e. The van der Waals surface area contributed by atoms with Crippen LogP contribution in [0.1, 0.15) is 361 Å². The van der Waals surface area contributed by atoms with Crippen LogP contribution in [0.3, 0.4) is 0 Å². The van der Waals surface area contributed by atoms with Crippen molar-refractivity contribution < 1.29 is 33.3 Å². The molecule has 0 radical (unpaired) electrons. The summed E-state index contributed by atoms with van der Waals surface area (Å²) in [4.78, 5) is 42.1. The number of hydrogen-bond donors (Lipinski definition) is 0. The summed E-state index contributed by atoms with van der Waals surface area (Å²) in [5.74, 6) is -1.94. The topological polar surface area (TPSA) is 94.6 Å². The van der Waals surface area contributed by atoms with E-state index in [1.165, 1.54) is 238 Å². The third kappa shape index (κ3) is 74.3. The first-order chi connectivity index (χ1) is 46.7. The molecule has 0 aromatic heterocycles.